The number of nitrogens with zero attached hydrogens (tertiary/aromatic N) is 1. The average Bonchev–Trinajstić information content (AvgIpc) is 2.49. The molecule has 0 fully saturated rings. The van der Waals surface area contributed by atoms with Crippen LogP contribution in [0.1, 0.15) is 43.4 Å². The Morgan fingerprint density at radius 1 is 1.05 bits per heavy atom. The molecular formula is C17H19NO2S. The predicted octanol–water partition coefficient (Wildman–Crippen LogP) is 3.55. The molecule has 1 aliphatic rings. The van der Waals surface area contributed by atoms with E-state index in [-0.39, 0.29) is 22.1 Å². The lowest BCUT2D eigenvalue weighted by atomic mass is 9.72. The van der Waals surface area contributed by atoms with Gasteiger partial charge in [0.1, 0.15) is 0 Å². The minimum atomic E-state index is -3.40. The van der Waals surface area contributed by atoms with Crippen LogP contribution in [0.4, 0.5) is 0 Å². The largest absolute Gasteiger partial charge is 0.244 e. The van der Waals surface area contributed by atoms with E-state index in [9.17, 15) is 8.42 Å². The topological polar surface area (TPSA) is 47.0 Å². The van der Waals surface area contributed by atoms with Gasteiger partial charge in [0, 0.05) is 12.1 Å². The standard InChI is InChI=1S/C17H19NO2S/c1-17(2,3)15-13-8-5-4-7-12(13)11-21(19,20)16-14(15)9-6-10-18-16/h4-10,15H,11H2,1-3H3. The van der Waals surface area contributed by atoms with Gasteiger partial charge in [0.05, 0.1) is 5.75 Å². The molecule has 4 heteroatoms. The number of aromatic nitrogens is 1. The highest BCUT2D eigenvalue weighted by atomic mass is 32.2. The molecule has 1 atom stereocenters. The molecule has 0 amide bonds. The van der Waals surface area contributed by atoms with Crippen LogP contribution in [-0.2, 0) is 15.6 Å². The van der Waals surface area contributed by atoms with E-state index in [1.54, 1.807) is 6.20 Å². The van der Waals surface area contributed by atoms with E-state index in [0.717, 1.165) is 16.7 Å². The van der Waals surface area contributed by atoms with Gasteiger partial charge in [0.2, 0.25) is 0 Å². The van der Waals surface area contributed by atoms with Gasteiger partial charge in [-0.25, -0.2) is 13.4 Å². The minimum absolute atomic E-state index is 0.0228. The zero-order valence-electron chi connectivity index (χ0n) is 12.5. The van der Waals surface area contributed by atoms with Gasteiger partial charge in [-0.15, -0.1) is 0 Å². The van der Waals surface area contributed by atoms with Gasteiger partial charge in [0.15, 0.2) is 14.9 Å². The van der Waals surface area contributed by atoms with E-state index in [1.807, 2.05) is 36.4 Å². The van der Waals surface area contributed by atoms with Crippen LogP contribution in [0.3, 0.4) is 0 Å². The Morgan fingerprint density at radius 2 is 1.71 bits per heavy atom. The Balaban J connectivity index is 2.40. The fourth-order valence-electron chi connectivity index (χ4n) is 3.20. The summed E-state index contributed by atoms with van der Waals surface area (Å²) in [7, 11) is -3.40. The second-order valence-electron chi connectivity index (χ2n) is 6.65. The van der Waals surface area contributed by atoms with Crippen molar-refractivity contribution in [3.05, 3.63) is 59.3 Å². The molecule has 0 bridgehead atoms. The number of rotatable bonds is 0. The molecule has 0 spiro atoms. The van der Waals surface area contributed by atoms with Crippen molar-refractivity contribution in [3.8, 4) is 0 Å². The monoisotopic (exact) mass is 301 g/mol. The molecule has 110 valence electrons. The van der Waals surface area contributed by atoms with Gasteiger partial charge in [-0.3, -0.25) is 0 Å². The van der Waals surface area contributed by atoms with Gasteiger partial charge < -0.3 is 0 Å². The van der Waals surface area contributed by atoms with Crippen LogP contribution in [0.2, 0.25) is 0 Å². The van der Waals surface area contributed by atoms with Crippen molar-refractivity contribution < 1.29 is 8.42 Å². The molecule has 2 aromatic rings. The normalized spacial score (nSPS) is 20.2. The summed E-state index contributed by atoms with van der Waals surface area (Å²) in [6.45, 7) is 6.43. The molecular weight excluding hydrogens is 282 g/mol. The van der Waals surface area contributed by atoms with Crippen LogP contribution in [-0.4, -0.2) is 13.4 Å². The van der Waals surface area contributed by atoms with E-state index in [4.69, 9.17) is 0 Å². The Hall–Kier alpha value is -1.68. The van der Waals surface area contributed by atoms with E-state index in [1.165, 1.54) is 0 Å². The number of fused-ring (bicyclic) bond motifs is 2. The van der Waals surface area contributed by atoms with E-state index in [2.05, 4.69) is 25.8 Å². The van der Waals surface area contributed by atoms with Gasteiger partial charge in [0.25, 0.3) is 0 Å². The zero-order chi connectivity index (χ0) is 15.3. The lowest BCUT2D eigenvalue weighted by Gasteiger charge is -2.32. The van der Waals surface area contributed by atoms with Crippen molar-refractivity contribution in [1.82, 2.24) is 4.98 Å². The number of sulfone groups is 1. The lowest BCUT2D eigenvalue weighted by Crippen LogP contribution is -2.21. The molecule has 21 heavy (non-hydrogen) atoms. The van der Waals surface area contributed by atoms with Crippen LogP contribution in [0.25, 0.3) is 0 Å². The van der Waals surface area contributed by atoms with Crippen molar-refractivity contribution in [2.75, 3.05) is 0 Å². The van der Waals surface area contributed by atoms with Crippen molar-refractivity contribution in [1.29, 1.82) is 0 Å². The fraction of sp³-hybridized carbons (Fsp3) is 0.353. The van der Waals surface area contributed by atoms with E-state index in [0.29, 0.717) is 0 Å². The molecule has 3 nitrogen and oxygen atoms in total. The average molecular weight is 301 g/mol. The number of hydrogen-bond donors (Lipinski definition) is 0. The highest BCUT2D eigenvalue weighted by Crippen LogP contribution is 2.46. The maximum Gasteiger partial charge on any atom is 0.200 e. The Kier molecular flexibility index (Phi) is 3.17. The summed E-state index contributed by atoms with van der Waals surface area (Å²) < 4.78 is 25.3. The van der Waals surface area contributed by atoms with E-state index >= 15 is 0 Å². The first-order valence-corrected chi connectivity index (χ1v) is 8.71. The van der Waals surface area contributed by atoms with Crippen LogP contribution in [0.15, 0.2) is 47.6 Å². The summed E-state index contributed by atoms with van der Waals surface area (Å²) in [5, 5.41) is 0.237. The Morgan fingerprint density at radius 3 is 2.43 bits per heavy atom. The summed E-state index contributed by atoms with van der Waals surface area (Å²) in [4.78, 5) is 4.19. The first-order valence-electron chi connectivity index (χ1n) is 7.06. The van der Waals surface area contributed by atoms with Gasteiger partial charge in [-0.2, -0.15) is 0 Å². The Labute approximate surface area is 126 Å². The third-order valence-corrected chi connectivity index (χ3v) is 5.61. The quantitative estimate of drug-likeness (QED) is 0.747. The van der Waals surface area contributed by atoms with Crippen LogP contribution < -0.4 is 0 Å². The van der Waals surface area contributed by atoms with Gasteiger partial charge in [-0.1, -0.05) is 51.1 Å². The highest BCUT2D eigenvalue weighted by Gasteiger charge is 2.37. The SMILES string of the molecule is CC(C)(C)C1c2ccccc2CS(=O)(=O)c2ncccc21. The minimum Gasteiger partial charge on any atom is -0.244 e. The lowest BCUT2D eigenvalue weighted by molar-refractivity contribution is 0.353. The van der Waals surface area contributed by atoms with Crippen LogP contribution in [0.5, 0.6) is 0 Å². The summed E-state index contributed by atoms with van der Waals surface area (Å²) in [6.07, 6.45) is 1.56. The van der Waals surface area contributed by atoms with E-state index < -0.39 is 9.84 Å². The van der Waals surface area contributed by atoms with Gasteiger partial charge >= 0.3 is 0 Å². The second-order valence-corrected chi connectivity index (χ2v) is 8.56. The summed E-state index contributed by atoms with van der Waals surface area (Å²) in [5.74, 6) is 0.0504. The summed E-state index contributed by atoms with van der Waals surface area (Å²) in [6, 6.07) is 11.6. The first-order chi connectivity index (χ1) is 9.81. The van der Waals surface area contributed by atoms with Gasteiger partial charge in [-0.05, 0) is 28.2 Å². The highest BCUT2D eigenvalue weighted by molar-refractivity contribution is 7.90. The van der Waals surface area contributed by atoms with Crippen molar-refractivity contribution in [2.24, 2.45) is 5.41 Å². The van der Waals surface area contributed by atoms with Crippen molar-refractivity contribution in [3.63, 3.8) is 0 Å². The van der Waals surface area contributed by atoms with Crippen LogP contribution >= 0.6 is 0 Å². The van der Waals surface area contributed by atoms with Crippen molar-refractivity contribution >= 4 is 9.84 Å². The molecule has 1 aliphatic heterocycles. The fourth-order valence-corrected chi connectivity index (χ4v) is 4.78. The second kappa shape index (κ2) is 4.67. The molecule has 1 aromatic carbocycles. The third kappa shape index (κ3) is 2.38. The van der Waals surface area contributed by atoms with Crippen LogP contribution in [0, 0.1) is 5.41 Å². The molecule has 0 radical (unpaired) electrons. The zero-order valence-corrected chi connectivity index (χ0v) is 13.3. The third-order valence-electron chi connectivity index (χ3n) is 3.98. The number of benzene rings is 1. The maximum atomic E-state index is 12.7. The molecule has 0 saturated heterocycles. The molecule has 0 aliphatic carbocycles. The number of hydrogen-bond acceptors (Lipinski definition) is 3. The molecule has 1 aromatic heterocycles. The maximum absolute atomic E-state index is 12.7. The Bertz CT molecular complexity index is 788. The summed E-state index contributed by atoms with van der Waals surface area (Å²) in [5.41, 5.74) is 2.71. The predicted molar refractivity (Wildman–Crippen MR) is 82.9 cm³/mol. The molecule has 2 heterocycles. The molecule has 3 rings (SSSR count). The molecule has 0 saturated carbocycles. The molecule has 0 N–H and O–H groups in total. The first kappa shape index (κ1) is 14.3. The van der Waals surface area contributed by atoms with Crippen molar-refractivity contribution in [2.45, 2.75) is 37.5 Å². The molecule has 1 unspecified atom stereocenters. The smallest absolute Gasteiger partial charge is 0.200 e. The number of pyridine rings is 1. The summed E-state index contributed by atoms with van der Waals surface area (Å²) >= 11 is 0.